The molecule has 4 amide bonds. The van der Waals surface area contributed by atoms with Crippen LogP contribution in [0.2, 0.25) is 0 Å². The number of aliphatic carboxylic acids is 1. The minimum Gasteiger partial charge on any atom is -0.480 e. The normalized spacial score (nSPS) is 12.2. The molecule has 32 heavy (non-hydrogen) atoms. The van der Waals surface area contributed by atoms with Crippen LogP contribution in [0.25, 0.3) is 0 Å². The van der Waals surface area contributed by atoms with E-state index in [4.69, 9.17) is 10.8 Å². The number of amides is 4. The number of nitrogens with one attached hydrogen (secondary N) is 4. The molecule has 12 nitrogen and oxygen atoms in total. The molecule has 2 atom stereocenters. The van der Waals surface area contributed by atoms with Crippen LogP contribution in [0.1, 0.15) is 12.5 Å². The molecule has 0 saturated heterocycles. The lowest BCUT2D eigenvalue weighted by molar-refractivity contribution is -0.143. The summed E-state index contributed by atoms with van der Waals surface area (Å²) in [6.07, 6.45) is 0.348. The van der Waals surface area contributed by atoms with Crippen LogP contribution in [0.4, 0.5) is 0 Å². The first kappa shape index (κ1) is 26.5. The van der Waals surface area contributed by atoms with Crippen LogP contribution in [0.15, 0.2) is 30.3 Å². The topological polar surface area (TPSA) is 189 Å². The van der Waals surface area contributed by atoms with Gasteiger partial charge >= 0.3 is 5.97 Å². The van der Waals surface area contributed by atoms with E-state index in [1.807, 2.05) is 30.3 Å². The summed E-state index contributed by atoms with van der Waals surface area (Å²) in [6.45, 7) is -0.140. The Morgan fingerprint density at radius 1 is 0.969 bits per heavy atom. The van der Waals surface area contributed by atoms with Crippen molar-refractivity contribution < 1.29 is 33.8 Å². The Morgan fingerprint density at radius 2 is 1.62 bits per heavy atom. The number of benzene rings is 1. The number of nitrogens with two attached hydrogens (primary N) is 1. The fourth-order valence-corrected chi connectivity index (χ4v) is 2.57. The molecule has 0 bridgehead atoms. The third-order valence-electron chi connectivity index (χ3n) is 4.31. The molecule has 0 spiro atoms. The van der Waals surface area contributed by atoms with Crippen molar-refractivity contribution in [3.8, 4) is 0 Å². The minimum atomic E-state index is -1.17. The maximum atomic E-state index is 12.6. The summed E-state index contributed by atoms with van der Waals surface area (Å²) in [5.41, 5.74) is 6.08. The van der Waals surface area contributed by atoms with Gasteiger partial charge in [-0.05, 0) is 12.0 Å². The number of ether oxygens (including phenoxy) is 1. The molecule has 0 aliphatic heterocycles. The van der Waals surface area contributed by atoms with E-state index in [1.165, 1.54) is 0 Å². The predicted molar refractivity (Wildman–Crippen MR) is 113 cm³/mol. The molecule has 7 N–H and O–H groups in total. The quantitative estimate of drug-likeness (QED) is 0.135. The maximum absolute atomic E-state index is 12.6. The summed E-state index contributed by atoms with van der Waals surface area (Å²) in [4.78, 5) is 58.1. The van der Waals surface area contributed by atoms with Gasteiger partial charge in [0, 0.05) is 6.04 Å². The van der Waals surface area contributed by atoms with Crippen molar-refractivity contribution in [1.82, 2.24) is 21.3 Å². The second-order valence-corrected chi connectivity index (χ2v) is 6.84. The molecule has 12 heteroatoms. The lowest BCUT2D eigenvalue weighted by Gasteiger charge is -2.25. The summed E-state index contributed by atoms with van der Waals surface area (Å²) >= 11 is 0. The molecule has 1 aromatic carbocycles. The van der Waals surface area contributed by atoms with Crippen LogP contribution >= 0.6 is 0 Å². The van der Waals surface area contributed by atoms with E-state index in [-0.39, 0.29) is 26.4 Å². The number of carbonyl (C=O) groups is 5. The fourth-order valence-electron chi connectivity index (χ4n) is 2.57. The summed E-state index contributed by atoms with van der Waals surface area (Å²) < 4.78 is 4.69. The third-order valence-corrected chi connectivity index (χ3v) is 4.31. The molecule has 0 saturated carbocycles. The summed E-state index contributed by atoms with van der Waals surface area (Å²) in [5, 5.41) is 18.3. The van der Waals surface area contributed by atoms with Crippen molar-refractivity contribution in [1.29, 1.82) is 0 Å². The van der Waals surface area contributed by atoms with E-state index in [0.717, 1.165) is 5.56 Å². The van der Waals surface area contributed by atoms with Gasteiger partial charge in [0.2, 0.25) is 23.6 Å². The van der Waals surface area contributed by atoms with Gasteiger partial charge in [-0.25, -0.2) is 4.79 Å². The average Bonchev–Trinajstić information content (AvgIpc) is 2.78. The Hall–Kier alpha value is -3.51. The van der Waals surface area contributed by atoms with Gasteiger partial charge in [-0.2, -0.15) is 0 Å². The SMILES string of the molecule is CC(C(=O)NCC(=O)NCOCC(=O)O)[C@H](Cc1ccccc1)NC(=O)CNC(=O)CN. The van der Waals surface area contributed by atoms with Crippen LogP contribution in [0, 0.1) is 5.92 Å². The van der Waals surface area contributed by atoms with Crippen LogP contribution in [-0.2, 0) is 35.1 Å². The Morgan fingerprint density at radius 3 is 2.25 bits per heavy atom. The van der Waals surface area contributed by atoms with E-state index in [0.29, 0.717) is 6.42 Å². The Labute approximate surface area is 185 Å². The molecule has 0 aromatic heterocycles. The first-order valence-corrected chi connectivity index (χ1v) is 9.87. The molecule has 0 aliphatic carbocycles. The van der Waals surface area contributed by atoms with Gasteiger partial charge in [0.25, 0.3) is 0 Å². The van der Waals surface area contributed by atoms with E-state index >= 15 is 0 Å². The average molecular weight is 451 g/mol. The first-order chi connectivity index (χ1) is 15.2. The van der Waals surface area contributed by atoms with Crippen LogP contribution in [0.3, 0.4) is 0 Å². The van der Waals surface area contributed by atoms with Crippen molar-refractivity contribution in [3.05, 3.63) is 35.9 Å². The van der Waals surface area contributed by atoms with Gasteiger partial charge in [0.15, 0.2) is 0 Å². The molecular formula is C20H29N5O7. The van der Waals surface area contributed by atoms with Crippen molar-refractivity contribution >= 4 is 29.6 Å². The van der Waals surface area contributed by atoms with E-state index < -0.39 is 48.2 Å². The van der Waals surface area contributed by atoms with E-state index in [2.05, 4.69) is 26.0 Å². The predicted octanol–water partition coefficient (Wildman–Crippen LogP) is -2.28. The molecule has 1 unspecified atom stereocenters. The van der Waals surface area contributed by atoms with Crippen molar-refractivity contribution in [2.45, 2.75) is 19.4 Å². The molecular weight excluding hydrogens is 422 g/mol. The van der Waals surface area contributed by atoms with Gasteiger partial charge in [0.05, 0.1) is 25.6 Å². The number of hydrogen-bond donors (Lipinski definition) is 6. The van der Waals surface area contributed by atoms with Crippen molar-refractivity contribution in [3.63, 3.8) is 0 Å². The Balaban J connectivity index is 2.64. The lowest BCUT2D eigenvalue weighted by atomic mass is 9.94. The fraction of sp³-hybridized carbons (Fsp3) is 0.450. The molecule has 0 heterocycles. The number of carboxylic acids is 1. The van der Waals surface area contributed by atoms with Crippen molar-refractivity contribution in [2.75, 3.05) is 33.0 Å². The zero-order valence-electron chi connectivity index (χ0n) is 17.8. The van der Waals surface area contributed by atoms with E-state index in [1.54, 1.807) is 6.92 Å². The summed E-state index contributed by atoms with van der Waals surface area (Å²) in [5.74, 6) is -3.89. The molecule has 176 valence electrons. The number of hydrogen-bond acceptors (Lipinski definition) is 7. The van der Waals surface area contributed by atoms with E-state index in [9.17, 15) is 24.0 Å². The molecule has 1 aromatic rings. The number of carboxylic acid groups (broad SMARTS) is 1. The van der Waals surface area contributed by atoms with Gasteiger partial charge < -0.3 is 36.8 Å². The lowest BCUT2D eigenvalue weighted by Crippen LogP contribution is -2.50. The molecule has 0 fully saturated rings. The Kier molecular flexibility index (Phi) is 12.0. The van der Waals surface area contributed by atoms with Gasteiger partial charge in [-0.1, -0.05) is 37.3 Å². The zero-order chi connectivity index (χ0) is 23.9. The van der Waals surface area contributed by atoms with Gasteiger partial charge in [-0.3, -0.25) is 19.2 Å². The number of rotatable bonds is 14. The standard InChI is InChI=1S/C20H29N5O7/c1-13(20(31)23-9-17(27)24-12-32-11-19(29)30)15(7-14-5-3-2-4-6-14)25-18(28)10-22-16(26)8-21/h2-6,13,15H,7-12,21H2,1H3,(H,22,26)(H,23,31)(H,24,27)(H,25,28)(H,29,30)/t13?,15-/m0/s1. The second-order valence-electron chi connectivity index (χ2n) is 6.84. The number of carbonyl (C=O) groups excluding carboxylic acids is 4. The smallest absolute Gasteiger partial charge is 0.329 e. The highest BCUT2D eigenvalue weighted by molar-refractivity contribution is 5.88. The zero-order valence-corrected chi connectivity index (χ0v) is 17.8. The minimum absolute atomic E-state index is 0.247. The monoisotopic (exact) mass is 451 g/mol. The van der Waals surface area contributed by atoms with Crippen LogP contribution in [-0.4, -0.2) is 73.7 Å². The Bertz CT molecular complexity index is 788. The molecule has 0 radical (unpaired) electrons. The third kappa shape index (κ3) is 11.0. The van der Waals surface area contributed by atoms with Crippen molar-refractivity contribution in [2.24, 2.45) is 11.7 Å². The first-order valence-electron chi connectivity index (χ1n) is 9.87. The highest BCUT2D eigenvalue weighted by atomic mass is 16.5. The maximum Gasteiger partial charge on any atom is 0.329 e. The largest absolute Gasteiger partial charge is 0.480 e. The van der Waals surface area contributed by atoms with Crippen LogP contribution in [0.5, 0.6) is 0 Å². The van der Waals surface area contributed by atoms with Gasteiger partial charge in [0.1, 0.15) is 13.3 Å². The second kappa shape index (κ2) is 14.5. The highest BCUT2D eigenvalue weighted by Crippen LogP contribution is 2.11. The summed E-state index contributed by atoms with van der Waals surface area (Å²) in [7, 11) is 0. The van der Waals surface area contributed by atoms with Crippen LogP contribution < -0.4 is 27.0 Å². The highest BCUT2D eigenvalue weighted by Gasteiger charge is 2.26. The summed E-state index contributed by atoms with van der Waals surface area (Å²) in [6, 6.07) is 8.60. The van der Waals surface area contributed by atoms with Gasteiger partial charge in [-0.15, -0.1) is 0 Å². The molecule has 0 aliphatic rings. The molecule has 1 rings (SSSR count).